The monoisotopic (exact) mass is 381 g/mol. The number of anilines is 2. The summed E-state index contributed by atoms with van der Waals surface area (Å²) < 4.78 is 12.3. The maximum absolute atomic E-state index is 12.4. The third-order valence-corrected chi connectivity index (χ3v) is 4.33. The first kappa shape index (κ1) is 19.2. The quantitative estimate of drug-likeness (QED) is 0.678. The van der Waals surface area contributed by atoms with Crippen molar-refractivity contribution in [1.82, 2.24) is 15.0 Å². The third kappa shape index (κ3) is 4.06. The zero-order valence-electron chi connectivity index (χ0n) is 16.3. The van der Waals surface area contributed by atoms with Crippen LogP contribution in [-0.2, 0) is 6.42 Å². The molecule has 0 fully saturated rings. The molecule has 3 aromatic rings. The number of amides is 2. The van der Waals surface area contributed by atoms with Crippen molar-refractivity contribution >= 4 is 17.5 Å². The van der Waals surface area contributed by atoms with E-state index in [1.807, 2.05) is 31.2 Å². The molecule has 2 amide bonds. The van der Waals surface area contributed by atoms with Crippen LogP contribution in [0.4, 0.5) is 16.3 Å². The Bertz CT molecular complexity index is 984. The number of carbonyl (C=O) groups excluding carboxylic acids is 1. The molecular formula is C20H23N5O3. The predicted molar refractivity (Wildman–Crippen MR) is 108 cm³/mol. The number of hydrogen-bond acceptors (Lipinski definition) is 5. The summed E-state index contributed by atoms with van der Waals surface area (Å²) in [6.07, 6.45) is 0.896. The molecule has 28 heavy (non-hydrogen) atoms. The summed E-state index contributed by atoms with van der Waals surface area (Å²) >= 11 is 0. The minimum absolute atomic E-state index is 0.356. The fraction of sp³-hybridized carbons (Fsp3) is 0.250. The van der Waals surface area contributed by atoms with Gasteiger partial charge in [0, 0.05) is 11.8 Å². The number of rotatable bonds is 6. The molecule has 0 aliphatic carbocycles. The molecular weight excluding hydrogens is 358 g/mol. The smallest absolute Gasteiger partial charge is 0.324 e. The topological polar surface area (TPSA) is 90.3 Å². The van der Waals surface area contributed by atoms with Gasteiger partial charge in [-0.15, -0.1) is 5.10 Å². The van der Waals surface area contributed by atoms with Crippen molar-refractivity contribution in [2.75, 3.05) is 24.9 Å². The first-order valence-electron chi connectivity index (χ1n) is 8.87. The van der Waals surface area contributed by atoms with Crippen LogP contribution in [0, 0.1) is 6.92 Å². The summed E-state index contributed by atoms with van der Waals surface area (Å²) in [6.45, 7) is 3.87. The van der Waals surface area contributed by atoms with Crippen molar-refractivity contribution in [2.45, 2.75) is 20.3 Å². The molecule has 0 saturated heterocycles. The van der Waals surface area contributed by atoms with Crippen LogP contribution in [0.5, 0.6) is 11.5 Å². The van der Waals surface area contributed by atoms with Gasteiger partial charge in [-0.1, -0.05) is 24.3 Å². The van der Waals surface area contributed by atoms with Crippen LogP contribution in [0.2, 0.25) is 0 Å². The van der Waals surface area contributed by atoms with Crippen molar-refractivity contribution in [2.24, 2.45) is 0 Å². The Labute approximate surface area is 163 Å². The SMILES string of the molecule is CCc1cccc(NC(=O)Nc2nnn(-c3cc(OC)ccc3OC)c2C)c1. The van der Waals surface area contributed by atoms with E-state index in [0.717, 1.165) is 17.7 Å². The molecule has 0 saturated carbocycles. The lowest BCUT2D eigenvalue weighted by molar-refractivity contribution is 0.262. The Hall–Kier alpha value is -3.55. The van der Waals surface area contributed by atoms with E-state index in [1.165, 1.54) is 0 Å². The number of hydrogen-bond donors (Lipinski definition) is 2. The highest BCUT2D eigenvalue weighted by Gasteiger charge is 2.16. The number of urea groups is 1. The zero-order chi connectivity index (χ0) is 20.1. The normalized spacial score (nSPS) is 10.4. The van der Waals surface area contributed by atoms with Gasteiger partial charge in [-0.05, 0) is 43.2 Å². The first-order valence-corrected chi connectivity index (χ1v) is 8.87. The summed E-state index contributed by atoms with van der Waals surface area (Å²) in [4.78, 5) is 12.4. The number of carbonyl (C=O) groups is 1. The van der Waals surface area contributed by atoms with Crippen LogP contribution in [-0.4, -0.2) is 35.2 Å². The molecule has 2 aromatic carbocycles. The molecule has 0 aliphatic rings. The van der Waals surface area contributed by atoms with Gasteiger partial charge in [0.2, 0.25) is 0 Å². The lowest BCUT2D eigenvalue weighted by Crippen LogP contribution is -2.20. The summed E-state index contributed by atoms with van der Waals surface area (Å²) in [6, 6.07) is 12.7. The lowest BCUT2D eigenvalue weighted by Gasteiger charge is -2.11. The Morgan fingerprint density at radius 1 is 1.11 bits per heavy atom. The van der Waals surface area contributed by atoms with Gasteiger partial charge >= 0.3 is 6.03 Å². The van der Waals surface area contributed by atoms with Crippen LogP contribution in [0.15, 0.2) is 42.5 Å². The maximum atomic E-state index is 12.4. The minimum atomic E-state index is -0.388. The number of aryl methyl sites for hydroxylation is 1. The molecule has 0 aliphatic heterocycles. The average Bonchev–Trinajstić information content (AvgIpc) is 3.07. The van der Waals surface area contributed by atoms with E-state index < -0.39 is 0 Å². The fourth-order valence-corrected chi connectivity index (χ4v) is 2.77. The summed E-state index contributed by atoms with van der Waals surface area (Å²) in [5.41, 5.74) is 3.18. The summed E-state index contributed by atoms with van der Waals surface area (Å²) in [5.74, 6) is 1.63. The number of nitrogens with one attached hydrogen (secondary N) is 2. The van der Waals surface area contributed by atoms with Crippen LogP contribution in [0.3, 0.4) is 0 Å². The molecule has 8 heteroatoms. The largest absolute Gasteiger partial charge is 0.497 e. The van der Waals surface area contributed by atoms with Crippen molar-refractivity contribution in [3.8, 4) is 17.2 Å². The van der Waals surface area contributed by atoms with E-state index in [2.05, 4.69) is 27.9 Å². The molecule has 2 N–H and O–H groups in total. The highest BCUT2D eigenvalue weighted by atomic mass is 16.5. The molecule has 146 valence electrons. The van der Waals surface area contributed by atoms with E-state index in [0.29, 0.717) is 28.7 Å². The van der Waals surface area contributed by atoms with Crippen molar-refractivity contribution in [3.05, 3.63) is 53.7 Å². The molecule has 3 rings (SSSR count). The van der Waals surface area contributed by atoms with Crippen molar-refractivity contribution in [1.29, 1.82) is 0 Å². The van der Waals surface area contributed by atoms with Gasteiger partial charge in [-0.2, -0.15) is 0 Å². The van der Waals surface area contributed by atoms with Crippen LogP contribution >= 0.6 is 0 Å². The fourth-order valence-electron chi connectivity index (χ4n) is 2.77. The molecule has 0 spiro atoms. The van der Waals surface area contributed by atoms with Gasteiger partial charge in [-0.3, -0.25) is 5.32 Å². The Morgan fingerprint density at radius 2 is 1.93 bits per heavy atom. The Morgan fingerprint density at radius 3 is 2.64 bits per heavy atom. The summed E-state index contributed by atoms with van der Waals surface area (Å²) in [7, 11) is 3.17. The first-order chi connectivity index (χ1) is 13.5. The number of aromatic nitrogens is 3. The van der Waals surface area contributed by atoms with Crippen LogP contribution < -0.4 is 20.1 Å². The van der Waals surface area contributed by atoms with E-state index >= 15 is 0 Å². The molecule has 0 atom stereocenters. The van der Waals surface area contributed by atoms with Gasteiger partial charge in [0.15, 0.2) is 5.82 Å². The zero-order valence-corrected chi connectivity index (χ0v) is 16.3. The lowest BCUT2D eigenvalue weighted by atomic mass is 10.1. The number of methoxy groups -OCH3 is 2. The van der Waals surface area contributed by atoms with Crippen molar-refractivity contribution in [3.63, 3.8) is 0 Å². The molecule has 8 nitrogen and oxygen atoms in total. The van der Waals surface area contributed by atoms with Crippen LogP contribution in [0.1, 0.15) is 18.2 Å². The standard InChI is InChI=1S/C20H23N5O3/c1-5-14-7-6-8-15(11-14)21-20(26)22-19-13(2)25(24-23-19)17-12-16(27-3)9-10-18(17)28-4/h6-12H,5H2,1-4H3,(H2,21,22,26). The number of benzene rings is 2. The van der Waals surface area contributed by atoms with Gasteiger partial charge in [-0.25, -0.2) is 9.48 Å². The van der Waals surface area contributed by atoms with E-state index in [1.54, 1.807) is 37.1 Å². The second kappa shape index (κ2) is 8.43. The van der Waals surface area contributed by atoms with E-state index in [-0.39, 0.29) is 6.03 Å². The third-order valence-electron chi connectivity index (χ3n) is 4.33. The maximum Gasteiger partial charge on any atom is 0.324 e. The second-order valence-electron chi connectivity index (χ2n) is 6.11. The van der Waals surface area contributed by atoms with Gasteiger partial charge in [0.05, 0.1) is 19.9 Å². The summed E-state index contributed by atoms with van der Waals surface area (Å²) in [5, 5.41) is 13.8. The highest BCUT2D eigenvalue weighted by molar-refractivity contribution is 5.99. The molecule has 0 bridgehead atoms. The van der Waals surface area contributed by atoms with Crippen molar-refractivity contribution < 1.29 is 14.3 Å². The minimum Gasteiger partial charge on any atom is -0.497 e. The van der Waals surface area contributed by atoms with Gasteiger partial charge < -0.3 is 14.8 Å². The number of nitrogens with zero attached hydrogens (tertiary/aromatic N) is 3. The highest BCUT2D eigenvalue weighted by Crippen LogP contribution is 2.29. The Balaban J connectivity index is 1.80. The molecule has 1 aromatic heterocycles. The predicted octanol–water partition coefficient (Wildman–Crippen LogP) is 3.80. The Kier molecular flexibility index (Phi) is 5.78. The van der Waals surface area contributed by atoms with Crippen LogP contribution in [0.25, 0.3) is 5.69 Å². The molecule has 0 radical (unpaired) electrons. The van der Waals surface area contributed by atoms with E-state index in [4.69, 9.17) is 9.47 Å². The van der Waals surface area contributed by atoms with E-state index in [9.17, 15) is 4.79 Å². The van der Waals surface area contributed by atoms with Gasteiger partial charge in [0.25, 0.3) is 0 Å². The average molecular weight is 381 g/mol. The second-order valence-corrected chi connectivity index (χ2v) is 6.11. The molecule has 0 unspecified atom stereocenters. The number of ether oxygens (including phenoxy) is 2. The molecule has 1 heterocycles. The van der Waals surface area contributed by atoms with Gasteiger partial charge in [0.1, 0.15) is 17.2 Å².